The van der Waals surface area contributed by atoms with Gasteiger partial charge in [-0.1, -0.05) is 25.5 Å². The van der Waals surface area contributed by atoms with Crippen LogP contribution in [0.15, 0.2) is 47.6 Å². The Morgan fingerprint density at radius 1 is 1.28 bits per heavy atom. The zero-order valence-corrected chi connectivity index (χ0v) is 14.8. The van der Waals surface area contributed by atoms with Gasteiger partial charge >= 0.3 is 0 Å². The van der Waals surface area contributed by atoms with Gasteiger partial charge in [-0.2, -0.15) is 5.10 Å². The minimum Gasteiger partial charge on any atom is -0.490 e. The topological polar surface area (TPSA) is 50.7 Å². The number of hydrogen-bond acceptors (Lipinski definition) is 3. The molecular weight excluding hydrogens is 312 g/mol. The molecule has 0 aromatic heterocycles. The highest BCUT2D eigenvalue weighted by molar-refractivity contribution is 5.94. The van der Waals surface area contributed by atoms with Gasteiger partial charge in [0.2, 0.25) is 0 Å². The smallest absolute Gasteiger partial charge is 0.271 e. The van der Waals surface area contributed by atoms with Crippen molar-refractivity contribution >= 4 is 12.1 Å². The summed E-state index contributed by atoms with van der Waals surface area (Å²) < 4.78 is 5.68. The molecule has 1 heterocycles. The van der Waals surface area contributed by atoms with Crippen LogP contribution < -0.4 is 10.2 Å². The third-order valence-electron chi connectivity index (χ3n) is 4.33. The zero-order valence-electron chi connectivity index (χ0n) is 14.8. The van der Waals surface area contributed by atoms with Crippen LogP contribution in [0.4, 0.5) is 0 Å². The number of hydrazone groups is 1. The lowest BCUT2D eigenvalue weighted by molar-refractivity contribution is 0.0955. The summed E-state index contributed by atoms with van der Waals surface area (Å²) >= 11 is 0. The molecule has 130 valence electrons. The van der Waals surface area contributed by atoms with Crippen LogP contribution in [0.1, 0.15) is 53.7 Å². The number of amides is 1. The van der Waals surface area contributed by atoms with E-state index < -0.39 is 0 Å². The van der Waals surface area contributed by atoms with Crippen molar-refractivity contribution in [3.05, 3.63) is 64.7 Å². The predicted octanol–water partition coefficient (Wildman–Crippen LogP) is 4.12. The molecular formula is C21H24N2O2. The first-order valence-corrected chi connectivity index (χ1v) is 8.87. The average Bonchev–Trinajstić information content (AvgIpc) is 2.99. The molecule has 0 saturated heterocycles. The summed E-state index contributed by atoms with van der Waals surface area (Å²) in [6, 6.07) is 13.7. The van der Waals surface area contributed by atoms with Gasteiger partial charge in [-0.3, -0.25) is 4.79 Å². The number of benzene rings is 2. The highest BCUT2D eigenvalue weighted by Crippen LogP contribution is 2.28. The molecule has 2 aromatic rings. The Morgan fingerprint density at radius 2 is 2.08 bits per heavy atom. The molecule has 1 amide bonds. The number of hydrogen-bond donors (Lipinski definition) is 1. The minimum atomic E-state index is -0.198. The third-order valence-corrected chi connectivity index (χ3v) is 4.33. The van der Waals surface area contributed by atoms with Gasteiger partial charge < -0.3 is 4.74 Å². The Labute approximate surface area is 148 Å². The van der Waals surface area contributed by atoms with Gasteiger partial charge in [0.05, 0.1) is 6.21 Å². The molecule has 1 N–H and O–H groups in total. The maximum atomic E-state index is 12.1. The largest absolute Gasteiger partial charge is 0.490 e. The zero-order chi connectivity index (χ0) is 17.6. The van der Waals surface area contributed by atoms with Crippen LogP contribution in [0.3, 0.4) is 0 Å². The number of ether oxygens (including phenoxy) is 1. The van der Waals surface area contributed by atoms with Crippen molar-refractivity contribution in [3.8, 4) is 5.75 Å². The SMILES string of the molecule is CCCCc1ccc(C(=O)N/N=C/c2ccc3c(c2)C[C@H](C)O3)cc1. The Balaban J connectivity index is 1.57. The molecule has 1 atom stereocenters. The third kappa shape index (κ3) is 4.47. The summed E-state index contributed by atoms with van der Waals surface area (Å²) in [4.78, 5) is 12.1. The van der Waals surface area contributed by atoms with Crippen molar-refractivity contribution in [3.63, 3.8) is 0 Å². The summed E-state index contributed by atoms with van der Waals surface area (Å²) in [5.41, 5.74) is 6.60. The second-order valence-electron chi connectivity index (χ2n) is 6.50. The van der Waals surface area contributed by atoms with E-state index in [4.69, 9.17) is 4.74 Å². The lowest BCUT2D eigenvalue weighted by Crippen LogP contribution is -2.17. The summed E-state index contributed by atoms with van der Waals surface area (Å²) in [5.74, 6) is 0.744. The summed E-state index contributed by atoms with van der Waals surface area (Å²) in [7, 11) is 0. The molecule has 0 saturated carbocycles. The highest BCUT2D eigenvalue weighted by atomic mass is 16.5. The first-order chi connectivity index (χ1) is 12.2. The number of nitrogens with one attached hydrogen (secondary N) is 1. The standard InChI is InChI=1S/C21H24N2O2/c1-3-4-5-16-6-9-18(10-7-16)21(24)23-22-14-17-8-11-20-19(13-17)12-15(2)25-20/h6-11,13-15H,3-5,12H2,1-2H3,(H,23,24)/b22-14+/t15-/m0/s1. The van der Waals surface area contributed by atoms with Crippen molar-refractivity contribution in [1.82, 2.24) is 5.43 Å². The molecule has 3 rings (SSSR count). The van der Waals surface area contributed by atoms with Crippen molar-refractivity contribution in [1.29, 1.82) is 0 Å². The van der Waals surface area contributed by atoms with Crippen LogP contribution in [0.5, 0.6) is 5.75 Å². The van der Waals surface area contributed by atoms with Gasteiger partial charge in [0.15, 0.2) is 0 Å². The fourth-order valence-electron chi connectivity index (χ4n) is 2.96. The first kappa shape index (κ1) is 17.2. The Hall–Kier alpha value is -2.62. The lowest BCUT2D eigenvalue weighted by atomic mass is 10.1. The minimum absolute atomic E-state index is 0.198. The van der Waals surface area contributed by atoms with E-state index in [-0.39, 0.29) is 12.0 Å². The van der Waals surface area contributed by atoms with E-state index in [1.165, 1.54) is 24.0 Å². The molecule has 0 radical (unpaired) electrons. The number of aryl methyl sites for hydroxylation is 1. The maximum absolute atomic E-state index is 12.1. The first-order valence-electron chi connectivity index (χ1n) is 8.87. The van der Waals surface area contributed by atoms with Crippen molar-refractivity contribution < 1.29 is 9.53 Å². The van der Waals surface area contributed by atoms with Crippen molar-refractivity contribution in [2.45, 2.75) is 45.6 Å². The van der Waals surface area contributed by atoms with E-state index >= 15 is 0 Å². The molecule has 0 unspecified atom stereocenters. The molecule has 2 aromatic carbocycles. The quantitative estimate of drug-likeness (QED) is 0.637. The molecule has 0 bridgehead atoms. The number of unbranched alkanes of at least 4 members (excludes halogenated alkanes) is 1. The maximum Gasteiger partial charge on any atom is 0.271 e. The fraction of sp³-hybridized carbons (Fsp3) is 0.333. The molecule has 25 heavy (non-hydrogen) atoms. The number of carbonyl (C=O) groups is 1. The number of carbonyl (C=O) groups excluding carboxylic acids is 1. The van der Waals surface area contributed by atoms with Gasteiger partial charge in [0.25, 0.3) is 5.91 Å². The van der Waals surface area contributed by atoms with Gasteiger partial charge in [-0.15, -0.1) is 0 Å². The van der Waals surface area contributed by atoms with Crippen LogP contribution in [-0.2, 0) is 12.8 Å². The van der Waals surface area contributed by atoms with Crippen molar-refractivity contribution in [2.24, 2.45) is 5.10 Å². The van der Waals surface area contributed by atoms with Crippen LogP contribution >= 0.6 is 0 Å². The fourth-order valence-corrected chi connectivity index (χ4v) is 2.96. The van der Waals surface area contributed by atoms with Crippen LogP contribution in [-0.4, -0.2) is 18.2 Å². The molecule has 0 aliphatic carbocycles. The number of nitrogens with zero attached hydrogens (tertiary/aromatic N) is 1. The summed E-state index contributed by atoms with van der Waals surface area (Å²) in [5, 5.41) is 4.07. The van der Waals surface area contributed by atoms with E-state index in [2.05, 4.69) is 30.4 Å². The molecule has 0 spiro atoms. The van der Waals surface area contributed by atoms with Gasteiger partial charge in [0, 0.05) is 12.0 Å². The van der Waals surface area contributed by atoms with E-state index in [0.717, 1.165) is 24.2 Å². The van der Waals surface area contributed by atoms with E-state index in [9.17, 15) is 4.79 Å². The van der Waals surface area contributed by atoms with Crippen LogP contribution in [0, 0.1) is 0 Å². The Kier molecular flexibility index (Phi) is 5.49. The molecule has 0 fully saturated rings. The molecule has 4 nitrogen and oxygen atoms in total. The summed E-state index contributed by atoms with van der Waals surface area (Å²) in [6.07, 6.45) is 6.19. The lowest BCUT2D eigenvalue weighted by Gasteiger charge is -2.03. The Morgan fingerprint density at radius 3 is 2.84 bits per heavy atom. The van der Waals surface area contributed by atoms with Crippen LogP contribution in [0.2, 0.25) is 0 Å². The summed E-state index contributed by atoms with van der Waals surface area (Å²) in [6.45, 7) is 4.23. The normalized spacial score (nSPS) is 15.8. The number of fused-ring (bicyclic) bond motifs is 1. The van der Waals surface area contributed by atoms with Crippen molar-refractivity contribution in [2.75, 3.05) is 0 Å². The van der Waals surface area contributed by atoms with E-state index in [1.54, 1.807) is 6.21 Å². The van der Waals surface area contributed by atoms with Crippen LogP contribution in [0.25, 0.3) is 0 Å². The van der Waals surface area contributed by atoms with Gasteiger partial charge in [-0.05, 0) is 66.8 Å². The average molecular weight is 336 g/mol. The highest BCUT2D eigenvalue weighted by Gasteiger charge is 2.18. The number of rotatable bonds is 6. The second kappa shape index (κ2) is 7.97. The van der Waals surface area contributed by atoms with E-state index in [0.29, 0.717) is 5.56 Å². The van der Waals surface area contributed by atoms with Gasteiger partial charge in [-0.25, -0.2) is 5.43 Å². The monoisotopic (exact) mass is 336 g/mol. The van der Waals surface area contributed by atoms with E-state index in [1.807, 2.05) is 36.4 Å². The predicted molar refractivity (Wildman–Crippen MR) is 100 cm³/mol. The molecule has 1 aliphatic heterocycles. The van der Waals surface area contributed by atoms with Gasteiger partial charge in [0.1, 0.15) is 11.9 Å². The molecule has 4 heteroatoms. The Bertz CT molecular complexity index is 766. The second-order valence-corrected chi connectivity index (χ2v) is 6.50. The molecule has 1 aliphatic rings.